The lowest BCUT2D eigenvalue weighted by Gasteiger charge is -2.31. The average molecular weight is 487 g/mol. The number of nitrogens with zero attached hydrogens (tertiary/aromatic N) is 2. The van der Waals surface area contributed by atoms with Gasteiger partial charge in [0, 0.05) is 48.5 Å². The number of nitrogens with one attached hydrogen (secondary N) is 2. The maximum atomic E-state index is 12.9. The minimum absolute atomic E-state index is 0.0908. The molecular weight excluding hydrogens is 460 g/mol. The molecule has 1 amide bonds. The van der Waals surface area contributed by atoms with Crippen molar-refractivity contribution in [3.63, 3.8) is 0 Å². The fourth-order valence-electron chi connectivity index (χ4n) is 4.06. The number of halogens is 1. The van der Waals surface area contributed by atoms with Gasteiger partial charge in [0.2, 0.25) is 15.9 Å². The van der Waals surface area contributed by atoms with Crippen molar-refractivity contribution in [2.45, 2.75) is 24.2 Å². The summed E-state index contributed by atoms with van der Waals surface area (Å²) in [5, 5.41) is 7.99. The second-order valence-electron chi connectivity index (χ2n) is 8.11. The van der Waals surface area contributed by atoms with Gasteiger partial charge in [-0.3, -0.25) is 9.78 Å². The Hall–Kier alpha value is -2.68. The maximum Gasteiger partial charge on any atom is 0.243 e. The molecule has 0 aliphatic carbocycles. The number of amides is 1. The van der Waals surface area contributed by atoms with E-state index in [1.807, 2.05) is 24.3 Å². The number of anilines is 1. The molecule has 1 aromatic heterocycles. The topological polar surface area (TPSA) is 91.4 Å². The average Bonchev–Trinajstić information content (AvgIpc) is 2.84. The van der Waals surface area contributed by atoms with Gasteiger partial charge >= 0.3 is 0 Å². The predicted molar refractivity (Wildman–Crippen MR) is 131 cm³/mol. The fourth-order valence-corrected chi connectivity index (χ4v) is 5.77. The van der Waals surface area contributed by atoms with Gasteiger partial charge in [0.05, 0.1) is 16.3 Å². The number of sulfonamides is 1. The number of pyridine rings is 1. The van der Waals surface area contributed by atoms with E-state index in [0.29, 0.717) is 37.5 Å². The van der Waals surface area contributed by atoms with Crippen LogP contribution in [-0.4, -0.2) is 49.8 Å². The van der Waals surface area contributed by atoms with E-state index in [1.165, 1.54) is 4.31 Å². The third-order valence-electron chi connectivity index (χ3n) is 5.81. The predicted octanol–water partition coefficient (Wildman–Crippen LogP) is 3.91. The SMILES string of the molecule is O=C(NCCCNc1ccnc2cc(Cl)ccc12)[C@@H]1CCCN(S(=O)(=O)c2ccccc2)C1. The molecule has 0 unspecified atom stereocenters. The van der Waals surface area contributed by atoms with E-state index in [4.69, 9.17) is 11.6 Å². The standard InChI is InChI=1S/C24H27ClN4O3S/c25-19-9-10-21-22(11-14-27-23(21)16-19)26-12-5-13-28-24(30)18-6-4-15-29(17-18)33(31,32)20-7-2-1-3-8-20/h1-3,7-11,14,16,18H,4-6,12-13,15,17H2,(H,26,27)(H,28,30)/t18-/m1/s1. The molecule has 1 fully saturated rings. The number of benzene rings is 2. The summed E-state index contributed by atoms with van der Waals surface area (Å²) in [5.74, 6) is -0.425. The van der Waals surface area contributed by atoms with Crippen LogP contribution in [0.5, 0.6) is 0 Å². The number of fused-ring (bicyclic) bond motifs is 1. The van der Waals surface area contributed by atoms with Crippen LogP contribution in [0.1, 0.15) is 19.3 Å². The Morgan fingerprint density at radius 1 is 1.12 bits per heavy atom. The number of hydrogen-bond donors (Lipinski definition) is 2. The van der Waals surface area contributed by atoms with E-state index < -0.39 is 10.0 Å². The van der Waals surface area contributed by atoms with Gasteiger partial charge in [-0.05, 0) is 55.7 Å². The second-order valence-corrected chi connectivity index (χ2v) is 10.5. The van der Waals surface area contributed by atoms with Crippen LogP contribution in [0.4, 0.5) is 5.69 Å². The summed E-state index contributed by atoms with van der Waals surface area (Å²) in [6, 6.07) is 15.9. The quantitative estimate of drug-likeness (QED) is 0.471. The molecule has 174 valence electrons. The molecule has 2 heterocycles. The van der Waals surface area contributed by atoms with E-state index in [9.17, 15) is 13.2 Å². The molecular formula is C24H27ClN4O3S. The summed E-state index contributed by atoms with van der Waals surface area (Å²) in [5.41, 5.74) is 1.80. The number of piperidine rings is 1. The summed E-state index contributed by atoms with van der Waals surface area (Å²) >= 11 is 6.04. The molecule has 7 nitrogen and oxygen atoms in total. The number of aromatic nitrogens is 1. The monoisotopic (exact) mass is 486 g/mol. The maximum absolute atomic E-state index is 12.9. The lowest BCUT2D eigenvalue weighted by Crippen LogP contribution is -2.45. The molecule has 0 bridgehead atoms. The van der Waals surface area contributed by atoms with E-state index in [1.54, 1.807) is 36.5 Å². The Kier molecular flexibility index (Phi) is 7.47. The third-order valence-corrected chi connectivity index (χ3v) is 7.92. The zero-order valence-electron chi connectivity index (χ0n) is 18.2. The smallest absolute Gasteiger partial charge is 0.243 e. The molecule has 4 rings (SSSR count). The van der Waals surface area contributed by atoms with Crippen LogP contribution in [0.25, 0.3) is 10.9 Å². The van der Waals surface area contributed by atoms with Crippen molar-refractivity contribution in [1.29, 1.82) is 0 Å². The van der Waals surface area contributed by atoms with Gasteiger partial charge in [-0.2, -0.15) is 4.31 Å². The highest BCUT2D eigenvalue weighted by atomic mass is 35.5. The lowest BCUT2D eigenvalue weighted by molar-refractivity contribution is -0.126. The van der Waals surface area contributed by atoms with E-state index in [2.05, 4.69) is 15.6 Å². The first-order valence-electron chi connectivity index (χ1n) is 11.1. The van der Waals surface area contributed by atoms with Gasteiger partial charge < -0.3 is 10.6 Å². The Morgan fingerprint density at radius 2 is 1.94 bits per heavy atom. The molecule has 0 spiro atoms. The van der Waals surface area contributed by atoms with Crippen LogP contribution in [0.15, 0.2) is 65.7 Å². The first kappa shape index (κ1) is 23.5. The zero-order valence-corrected chi connectivity index (χ0v) is 19.8. The Morgan fingerprint density at radius 3 is 2.76 bits per heavy atom. The van der Waals surface area contributed by atoms with E-state index in [-0.39, 0.29) is 23.3 Å². The zero-order chi connectivity index (χ0) is 23.3. The molecule has 9 heteroatoms. The Balaban J connectivity index is 1.26. The van der Waals surface area contributed by atoms with Crippen molar-refractivity contribution in [2.75, 3.05) is 31.5 Å². The minimum atomic E-state index is -3.58. The van der Waals surface area contributed by atoms with Gasteiger partial charge in [0.15, 0.2) is 0 Å². The van der Waals surface area contributed by atoms with Crippen molar-refractivity contribution in [3.05, 3.63) is 65.8 Å². The van der Waals surface area contributed by atoms with Crippen molar-refractivity contribution >= 4 is 44.1 Å². The molecule has 33 heavy (non-hydrogen) atoms. The van der Waals surface area contributed by atoms with Crippen LogP contribution >= 0.6 is 11.6 Å². The third kappa shape index (κ3) is 5.63. The van der Waals surface area contributed by atoms with E-state index >= 15 is 0 Å². The normalized spacial score (nSPS) is 17.1. The number of carbonyl (C=O) groups is 1. The molecule has 0 saturated carbocycles. The Bertz CT molecular complexity index is 1220. The number of carbonyl (C=O) groups excluding carboxylic acids is 1. The summed E-state index contributed by atoms with van der Waals surface area (Å²) in [4.78, 5) is 17.3. The molecule has 1 aliphatic heterocycles. The highest BCUT2D eigenvalue weighted by Crippen LogP contribution is 2.25. The summed E-state index contributed by atoms with van der Waals surface area (Å²) in [6.45, 7) is 1.85. The fraction of sp³-hybridized carbons (Fsp3) is 0.333. The minimum Gasteiger partial charge on any atom is -0.384 e. The lowest BCUT2D eigenvalue weighted by atomic mass is 9.99. The summed E-state index contributed by atoms with van der Waals surface area (Å²) < 4.78 is 27.2. The second kappa shape index (κ2) is 10.5. The van der Waals surface area contributed by atoms with Crippen LogP contribution in [-0.2, 0) is 14.8 Å². The summed E-state index contributed by atoms with van der Waals surface area (Å²) in [6.07, 6.45) is 3.84. The molecule has 1 saturated heterocycles. The van der Waals surface area contributed by atoms with Crippen molar-refractivity contribution in [2.24, 2.45) is 5.92 Å². The summed E-state index contributed by atoms with van der Waals surface area (Å²) in [7, 11) is -3.58. The first-order valence-corrected chi connectivity index (χ1v) is 12.9. The van der Waals surface area contributed by atoms with E-state index in [0.717, 1.165) is 23.0 Å². The van der Waals surface area contributed by atoms with Crippen molar-refractivity contribution in [3.8, 4) is 0 Å². The highest BCUT2D eigenvalue weighted by Gasteiger charge is 2.33. The van der Waals surface area contributed by atoms with Gasteiger partial charge in [-0.25, -0.2) is 8.42 Å². The molecule has 2 aromatic carbocycles. The van der Waals surface area contributed by atoms with Crippen LogP contribution in [0, 0.1) is 5.92 Å². The van der Waals surface area contributed by atoms with Gasteiger partial charge in [0.25, 0.3) is 0 Å². The molecule has 1 atom stereocenters. The molecule has 2 N–H and O–H groups in total. The first-order chi connectivity index (χ1) is 15.9. The highest BCUT2D eigenvalue weighted by molar-refractivity contribution is 7.89. The van der Waals surface area contributed by atoms with Gasteiger partial charge in [-0.1, -0.05) is 29.8 Å². The molecule has 0 radical (unpaired) electrons. The number of hydrogen-bond acceptors (Lipinski definition) is 5. The van der Waals surface area contributed by atoms with Gasteiger partial charge in [-0.15, -0.1) is 0 Å². The number of rotatable bonds is 8. The molecule has 1 aliphatic rings. The van der Waals surface area contributed by atoms with Crippen LogP contribution in [0.3, 0.4) is 0 Å². The van der Waals surface area contributed by atoms with Crippen LogP contribution in [0.2, 0.25) is 5.02 Å². The molecule has 3 aromatic rings. The van der Waals surface area contributed by atoms with Gasteiger partial charge in [0.1, 0.15) is 0 Å². The van der Waals surface area contributed by atoms with Crippen LogP contribution < -0.4 is 10.6 Å². The van der Waals surface area contributed by atoms with Crippen molar-refractivity contribution in [1.82, 2.24) is 14.6 Å². The largest absolute Gasteiger partial charge is 0.384 e. The van der Waals surface area contributed by atoms with Crippen molar-refractivity contribution < 1.29 is 13.2 Å². The Labute approximate surface area is 199 Å².